The molecule has 0 N–H and O–H groups in total. The van der Waals surface area contributed by atoms with E-state index in [-0.39, 0.29) is 0 Å². The molecule has 2 radical (unpaired) electrons. The quantitative estimate of drug-likeness (QED) is 0.656. The molecule has 0 heterocycles. The molecule has 0 saturated carbocycles. The van der Waals surface area contributed by atoms with E-state index in [9.17, 15) is 0 Å². The second kappa shape index (κ2) is 12.6. The van der Waals surface area contributed by atoms with Crippen LogP contribution >= 0.6 is 0 Å². The Morgan fingerprint density at radius 1 is 0.783 bits per heavy atom. The van der Waals surface area contributed by atoms with Crippen LogP contribution in [0.1, 0.15) is 61.3 Å². The number of unbranched alkanes of at least 4 members (excludes halogenated alkanes) is 1. The van der Waals surface area contributed by atoms with Crippen LogP contribution in [0.4, 0.5) is 0 Å². The van der Waals surface area contributed by atoms with E-state index in [1.165, 1.54) is 18.1 Å². The minimum Gasteiger partial charge on any atom is -0.463 e. The molecule has 0 aliphatic rings. The molecule has 0 aliphatic carbocycles. The summed E-state index contributed by atoms with van der Waals surface area (Å²) in [5, 5.41) is 2.06. The fourth-order valence-electron chi connectivity index (χ4n) is 0.816. The predicted molar refractivity (Wildman–Crippen MR) is 122 cm³/mol. The Morgan fingerprint density at radius 3 is 1.04 bits per heavy atom. The SMILES string of the molecule is CC(C)(C)[Si](C)(C)O[SiH3].CC(C)(C)[Si](C)(C)O[SiH3].CCC[CH2][Al]. The highest BCUT2D eigenvalue weighted by Gasteiger charge is 2.35. The Morgan fingerprint density at radius 2 is 1.04 bits per heavy atom. The zero-order chi connectivity index (χ0) is 19.5. The summed E-state index contributed by atoms with van der Waals surface area (Å²) in [4.78, 5) is 0. The molecule has 0 aromatic heterocycles. The van der Waals surface area contributed by atoms with E-state index in [2.05, 4.69) is 90.9 Å². The highest BCUT2D eigenvalue weighted by molar-refractivity contribution is 6.76. The lowest BCUT2D eigenvalue weighted by Gasteiger charge is -2.35. The molecule has 0 saturated heterocycles. The minimum atomic E-state index is -1.32. The van der Waals surface area contributed by atoms with Crippen LogP contribution in [0.15, 0.2) is 0 Å². The van der Waals surface area contributed by atoms with Crippen molar-refractivity contribution in [3.05, 3.63) is 0 Å². The molecule has 0 bridgehead atoms. The summed E-state index contributed by atoms with van der Waals surface area (Å²) in [5.74, 6) is 0. The molecule has 0 spiro atoms. The Kier molecular flexibility index (Phi) is 16.0. The van der Waals surface area contributed by atoms with Crippen LogP contribution in [0, 0.1) is 0 Å². The molecule has 0 atom stereocenters. The monoisotopic (exact) mass is 408 g/mol. The zero-order valence-electron chi connectivity index (χ0n) is 18.5. The average Bonchev–Trinajstić information content (AvgIpc) is 2.38. The fraction of sp³-hybridized carbons (Fsp3) is 1.00. The Labute approximate surface area is 164 Å². The van der Waals surface area contributed by atoms with Crippen molar-refractivity contribution in [3.8, 4) is 0 Å². The summed E-state index contributed by atoms with van der Waals surface area (Å²) in [7, 11) is -0.854. The summed E-state index contributed by atoms with van der Waals surface area (Å²) in [6.45, 7) is 24.9. The molecule has 23 heavy (non-hydrogen) atoms. The molecule has 0 aromatic carbocycles. The molecule has 0 fully saturated rings. The standard InChI is InChI=1S/2C6H18OSi2.C4H9.Al/c2*1-6(2,3)9(4,5)7-8;1-3-4-2;/h2*1-5,8H3;1,3-4H2,2H3;. The van der Waals surface area contributed by atoms with Crippen molar-refractivity contribution in [1.29, 1.82) is 0 Å². The first kappa shape index (κ1) is 29.1. The Balaban J connectivity index is -0.000000273. The van der Waals surface area contributed by atoms with Crippen LogP contribution in [0.2, 0.25) is 41.5 Å². The van der Waals surface area contributed by atoms with Gasteiger partial charge in [0.05, 0.1) is 0 Å². The van der Waals surface area contributed by atoms with Crippen molar-refractivity contribution < 1.29 is 8.23 Å². The number of hydrogen-bond acceptors (Lipinski definition) is 2. The van der Waals surface area contributed by atoms with E-state index in [1.54, 1.807) is 0 Å². The van der Waals surface area contributed by atoms with E-state index >= 15 is 0 Å². The molecular weight excluding hydrogens is 364 g/mol. The molecule has 0 aliphatic heterocycles. The second-order valence-corrected chi connectivity index (χ2v) is 22.0. The van der Waals surface area contributed by atoms with Crippen molar-refractivity contribution in [1.82, 2.24) is 0 Å². The second-order valence-electron chi connectivity index (χ2n) is 9.07. The first-order chi connectivity index (χ1) is 10.0. The third kappa shape index (κ3) is 14.2. The molecule has 0 amide bonds. The van der Waals surface area contributed by atoms with Gasteiger partial charge in [0, 0.05) is 0 Å². The van der Waals surface area contributed by atoms with E-state index in [1.807, 2.05) is 0 Å². The van der Waals surface area contributed by atoms with Gasteiger partial charge in [-0.2, -0.15) is 0 Å². The normalized spacial score (nSPS) is 13.0. The summed E-state index contributed by atoms with van der Waals surface area (Å²) in [6.07, 6.45) is 2.67. The van der Waals surface area contributed by atoms with Crippen LogP contribution in [0.5, 0.6) is 0 Å². The van der Waals surface area contributed by atoms with Crippen molar-refractivity contribution in [2.24, 2.45) is 0 Å². The van der Waals surface area contributed by atoms with Crippen molar-refractivity contribution in [3.63, 3.8) is 0 Å². The van der Waals surface area contributed by atoms with Crippen LogP contribution in [-0.2, 0) is 8.23 Å². The first-order valence-corrected chi connectivity index (χ1v) is 17.1. The highest BCUT2D eigenvalue weighted by Crippen LogP contribution is 2.36. The zero-order valence-corrected chi connectivity index (χ0v) is 25.7. The van der Waals surface area contributed by atoms with Gasteiger partial charge in [0.15, 0.2) is 16.6 Å². The summed E-state index contributed by atoms with van der Waals surface area (Å²) < 4.78 is 11.2. The van der Waals surface area contributed by atoms with Gasteiger partial charge in [0.25, 0.3) is 0 Å². The highest BCUT2D eigenvalue weighted by atomic mass is 28.4. The van der Waals surface area contributed by atoms with E-state index in [0.29, 0.717) is 10.1 Å². The van der Waals surface area contributed by atoms with Crippen molar-refractivity contribution in [2.75, 3.05) is 0 Å². The van der Waals surface area contributed by atoms with Crippen molar-refractivity contribution >= 4 is 53.9 Å². The van der Waals surface area contributed by atoms with Crippen LogP contribution in [0.25, 0.3) is 0 Å². The third-order valence-corrected chi connectivity index (χ3v) is 21.0. The summed E-state index contributed by atoms with van der Waals surface area (Å²) in [5.41, 5.74) is 0. The van der Waals surface area contributed by atoms with Crippen molar-refractivity contribution in [2.45, 2.75) is 103 Å². The van der Waals surface area contributed by atoms with E-state index in [4.69, 9.17) is 8.23 Å². The summed E-state index contributed by atoms with van der Waals surface area (Å²) in [6, 6.07) is 0. The maximum Gasteiger partial charge on any atom is 0.178 e. The fourth-order valence-corrected chi connectivity index (χ4v) is 6.12. The smallest absolute Gasteiger partial charge is 0.178 e. The molecule has 7 heteroatoms. The van der Waals surface area contributed by atoms with Crippen LogP contribution in [-0.4, -0.2) is 53.9 Å². The Bertz CT molecular complexity index is 257. The van der Waals surface area contributed by atoms with E-state index in [0.717, 1.165) is 21.0 Å². The first-order valence-electron chi connectivity index (χ1n) is 8.84. The lowest BCUT2D eigenvalue weighted by Crippen LogP contribution is -2.39. The topological polar surface area (TPSA) is 18.5 Å². The summed E-state index contributed by atoms with van der Waals surface area (Å²) >= 11 is 2.70. The number of hydrogen-bond donors (Lipinski definition) is 0. The van der Waals surface area contributed by atoms with Gasteiger partial charge in [-0.25, -0.2) is 0 Å². The molecule has 0 unspecified atom stereocenters. The molecule has 2 nitrogen and oxygen atoms in total. The lowest BCUT2D eigenvalue weighted by atomic mass is 10.2. The number of rotatable bonds is 4. The lowest BCUT2D eigenvalue weighted by molar-refractivity contribution is 0.530. The van der Waals surface area contributed by atoms with Gasteiger partial charge in [-0.05, 0) is 36.3 Å². The molecular formula is C16H45AlO2Si4. The van der Waals surface area contributed by atoms with Crippen LogP contribution in [0.3, 0.4) is 0 Å². The van der Waals surface area contributed by atoms with Gasteiger partial charge in [0.1, 0.15) is 37.3 Å². The maximum absolute atomic E-state index is 5.58. The molecule has 0 aromatic rings. The Hall–Kier alpha value is 1.32. The minimum absolute atomic E-state index is 0.398. The largest absolute Gasteiger partial charge is 0.463 e. The van der Waals surface area contributed by atoms with Gasteiger partial charge in [-0.15, -0.1) is 5.28 Å². The van der Waals surface area contributed by atoms with Crippen LogP contribution < -0.4 is 0 Å². The van der Waals surface area contributed by atoms with Gasteiger partial charge in [-0.1, -0.05) is 61.3 Å². The average molecular weight is 409 g/mol. The van der Waals surface area contributed by atoms with E-state index < -0.39 is 16.6 Å². The predicted octanol–water partition coefficient (Wildman–Crippen LogP) is 3.95. The third-order valence-electron chi connectivity index (χ3n) is 5.19. The van der Waals surface area contributed by atoms with Gasteiger partial charge >= 0.3 is 0 Å². The van der Waals surface area contributed by atoms with Gasteiger partial charge < -0.3 is 8.23 Å². The molecule has 140 valence electrons. The van der Waals surface area contributed by atoms with Gasteiger partial charge in [-0.3, -0.25) is 0 Å². The molecule has 0 rings (SSSR count). The maximum atomic E-state index is 5.58. The van der Waals surface area contributed by atoms with Gasteiger partial charge in [0.2, 0.25) is 0 Å².